The van der Waals surface area contributed by atoms with Crippen molar-refractivity contribution in [1.82, 2.24) is 0 Å². The lowest BCUT2D eigenvalue weighted by Crippen LogP contribution is -2.14. The molecule has 0 aromatic heterocycles. The second-order valence-electron chi connectivity index (χ2n) is 2.75. The maximum Gasteiger partial charge on any atom is 0.240 e. The summed E-state index contributed by atoms with van der Waals surface area (Å²) in [5.41, 5.74) is 0.107. The van der Waals surface area contributed by atoms with Crippen molar-refractivity contribution in [3.8, 4) is 0 Å². The van der Waals surface area contributed by atoms with Crippen LogP contribution in [0.2, 0.25) is 0 Å². The summed E-state index contributed by atoms with van der Waals surface area (Å²) in [4.78, 5) is 10.2. The van der Waals surface area contributed by atoms with Gasteiger partial charge in [-0.15, -0.1) is 0 Å². The van der Waals surface area contributed by atoms with Crippen LogP contribution in [-0.4, -0.2) is 14.2 Å². The monoisotopic (exact) mass is 247 g/mol. The van der Waals surface area contributed by atoms with E-state index in [0.29, 0.717) is 0 Å². The zero-order valence-corrected chi connectivity index (χ0v) is 10.1. The largest absolute Gasteiger partial charge is 0.295 e. The van der Waals surface area contributed by atoms with Gasteiger partial charge in [-0.25, -0.2) is 17.9 Å². The quantitative estimate of drug-likeness (QED) is 0.808. The first kappa shape index (κ1) is 14.7. The van der Waals surface area contributed by atoms with Gasteiger partial charge in [-0.05, 0) is 25.1 Å². The van der Waals surface area contributed by atoms with Gasteiger partial charge in [0.2, 0.25) is 10.0 Å². The van der Waals surface area contributed by atoms with Crippen LogP contribution in [-0.2, 0) is 10.0 Å². The van der Waals surface area contributed by atoms with E-state index >= 15 is 0 Å². The highest BCUT2D eigenvalue weighted by Gasteiger charge is 2.15. The fraction of sp³-hybridized carbons (Fsp3) is 0.300. The fourth-order valence-corrected chi connectivity index (χ4v) is 1.57. The minimum atomic E-state index is -4.12. The van der Waals surface area contributed by atoms with E-state index in [1.54, 1.807) is 0 Å². The Morgan fingerprint density at radius 1 is 1.31 bits per heavy atom. The average molecular weight is 247 g/mol. The number of Topliss-reactive ketones (excluding diaryl/α,β-unsaturated/α-hetero) is 1. The molecule has 0 spiro atoms. The molecule has 0 bridgehead atoms. The molecule has 4 nitrogen and oxygen atoms in total. The second-order valence-corrected chi connectivity index (χ2v) is 4.28. The van der Waals surface area contributed by atoms with Crippen molar-refractivity contribution in [2.75, 3.05) is 0 Å². The molecule has 1 rings (SSSR count). The van der Waals surface area contributed by atoms with E-state index in [0.717, 1.165) is 12.1 Å². The van der Waals surface area contributed by atoms with Crippen LogP contribution in [0.25, 0.3) is 0 Å². The van der Waals surface area contributed by atoms with Gasteiger partial charge in [0, 0.05) is 5.56 Å². The highest BCUT2D eigenvalue weighted by Crippen LogP contribution is 2.15. The van der Waals surface area contributed by atoms with Gasteiger partial charge in [0.1, 0.15) is 10.7 Å². The number of primary sulfonamides is 1. The molecule has 0 aliphatic heterocycles. The Balaban J connectivity index is 0.00000106. The Kier molecular flexibility index (Phi) is 5.26. The van der Waals surface area contributed by atoms with Crippen molar-refractivity contribution in [2.24, 2.45) is 5.14 Å². The van der Waals surface area contributed by atoms with Gasteiger partial charge < -0.3 is 0 Å². The first-order valence-electron chi connectivity index (χ1n) is 4.65. The minimum absolute atomic E-state index is 0.107. The Morgan fingerprint density at radius 2 is 1.81 bits per heavy atom. The van der Waals surface area contributed by atoms with E-state index in [-0.39, 0.29) is 11.3 Å². The molecule has 6 heteroatoms. The molecule has 0 radical (unpaired) electrons. The predicted molar refractivity (Wildman–Crippen MR) is 59.1 cm³/mol. The summed E-state index contributed by atoms with van der Waals surface area (Å²) in [6.45, 7) is 5.25. The normalized spacial score (nSPS) is 10.3. The Bertz CT molecular complexity index is 483. The van der Waals surface area contributed by atoms with Gasteiger partial charge in [0.05, 0.1) is 0 Å². The standard InChI is InChI=1S/C8H8FNO3S.C2H6/c1-5(11)6-2-3-7(9)8(4-6)14(10,12)13;1-2/h2-4H,1H3,(H2,10,12,13);1-2H3. The highest BCUT2D eigenvalue weighted by atomic mass is 32.2. The van der Waals surface area contributed by atoms with Crippen molar-refractivity contribution in [3.05, 3.63) is 29.6 Å². The van der Waals surface area contributed by atoms with Crippen molar-refractivity contribution in [3.63, 3.8) is 0 Å². The third kappa shape index (κ3) is 3.71. The molecule has 90 valence electrons. The van der Waals surface area contributed by atoms with Crippen LogP contribution < -0.4 is 5.14 Å². The second kappa shape index (κ2) is 5.72. The topological polar surface area (TPSA) is 77.2 Å². The molecule has 2 N–H and O–H groups in total. The number of carbonyl (C=O) groups is 1. The summed E-state index contributed by atoms with van der Waals surface area (Å²) in [5.74, 6) is -1.31. The maximum absolute atomic E-state index is 13.0. The number of ketones is 1. The van der Waals surface area contributed by atoms with Crippen LogP contribution in [0.5, 0.6) is 0 Å². The predicted octanol–water partition coefficient (Wildman–Crippen LogP) is 1.70. The van der Waals surface area contributed by atoms with Crippen molar-refractivity contribution < 1.29 is 17.6 Å². The number of halogens is 1. The minimum Gasteiger partial charge on any atom is -0.295 e. The van der Waals surface area contributed by atoms with Crippen LogP contribution >= 0.6 is 0 Å². The van der Waals surface area contributed by atoms with E-state index in [1.807, 2.05) is 13.8 Å². The van der Waals surface area contributed by atoms with Gasteiger partial charge in [-0.1, -0.05) is 13.8 Å². The molecule has 0 heterocycles. The molecule has 0 amide bonds. The third-order valence-electron chi connectivity index (χ3n) is 1.64. The average Bonchev–Trinajstić information content (AvgIpc) is 2.19. The molecule has 0 unspecified atom stereocenters. The number of hydrogen-bond acceptors (Lipinski definition) is 3. The molecular weight excluding hydrogens is 233 g/mol. The van der Waals surface area contributed by atoms with Crippen LogP contribution in [0.15, 0.2) is 23.1 Å². The maximum atomic E-state index is 13.0. The number of sulfonamides is 1. The van der Waals surface area contributed by atoms with Crippen molar-refractivity contribution >= 4 is 15.8 Å². The first-order chi connectivity index (χ1) is 7.32. The lowest BCUT2D eigenvalue weighted by Gasteiger charge is -2.01. The number of carbonyl (C=O) groups excluding carboxylic acids is 1. The molecule has 0 saturated carbocycles. The zero-order chi connectivity index (χ0) is 12.9. The fourth-order valence-electron chi connectivity index (χ4n) is 0.940. The van der Waals surface area contributed by atoms with Crippen LogP contribution in [0, 0.1) is 5.82 Å². The summed E-state index contributed by atoms with van der Waals surface area (Å²) in [6.07, 6.45) is 0. The molecule has 0 saturated heterocycles. The van der Waals surface area contributed by atoms with Crippen LogP contribution in [0.4, 0.5) is 4.39 Å². The molecule has 1 aromatic carbocycles. The van der Waals surface area contributed by atoms with Gasteiger partial charge in [0.15, 0.2) is 5.78 Å². The smallest absolute Gasteiger partial charge is 0.240 e. The van der Waals surface area contributed by atoms with E-state index in [4.69, 9.17) is 5.14 Å². The van der Waals surface area contributed by atoms with E-state index in [9.17, 15) is 17.6 Å². The lowest BCUT2D eigenvalue weighted by molar-refractivity contribution is 0.101. The highest BCUT2D eigenvalue weighted by molar-refractivity contribution is 7.89. The Hall–Kier alpha value is -1.27. The van der Waals surface area contributed by atoms with Crippen LogP contribution in [0.3, 0.4) is 0 Å². The van der Waals surface area contributed by atoms with E-state index in [1.165, 1.54) is 13.0 Å². The molecule has 1 aromatic rings. The SMILES string of the molecule is CC.CC(=O)c1ccc(F)c(S(N)(=O)=O)c1. The molecule has 16 heavy (non-hydrogen) atoms. The van der Waals surface area contributed by atoms with Crippen LogP contribution in [0.1, 0.15) is 31.1 Å². The van der Waals surface area contributed by atoms with E-state index in [2.05, 4.69) is 0 Å². The number of hydrogen-bond donors (Lipinski definition) is 1. The number of benzene rings is 1. The summed E-state index contributed by atoms with van der Waals surface area (Å²) in [6, 6.07) is 3.02. The summed E-state index contributed by atoms with van der Waals surface area (Å²) < 4.78 is 34.7. The van der Waals surface area contributed by atoms with E-state index < -0.39 is 20.7 Å². The first-order valence-corrected chi connectivity index (χ1v) is 6.20. The van der Waals surface area contributed by atoms with Gasteiger partial charge in [0.25, 0.3) is 0 Å². The molecule has 0 aliphatic rings. The van der Waals surface area contributed by atoms with Gasteiger partial charge in [-0.2, -0.15) is 0 Å². The lowest BCUT2D eigenvalue weighted by atomic mass is 10.1. The molecule has 0 fully saturated rings. The summed E-state index contributed by atoms with van der Waals surface area (Å²) >= 11 is 0. The Labute approximate surface area is 94.3 Å². The van der Waals surface area contributed by atoms with Crippen molar-refractivity contribution in [2.45, 2.75) is 25.7 Å². The summed E-state index contributed by atoms with van der Waals surface area (Å²) in [7, 11) is -4.12. The molecule has 0 atom stereocenters. The number of nitrogens with two attached hydrogens (primary N) is 1. The van der Waals surface area contributed by atoms with Crippen molar-refractivity contribution in [1.29, 1.82) is 0 Å². The summed E-state index contributed by atoms with van der Waals surface area (Å²) in [5, 5.41) is 4.75. The van der Waals surface area contributed by atoms with Gasteiger partial charge >= 0.3 is 0 Å². The number of rotatable bonds is 2. The molecular formula is C10H14FNO3S. The van der Waals surface area contributed by atoms with Gasteiger partial charge in [-0.3, -0.25) is 4.79 Å². The third-order valence-corrected chi connectivity index (χ3v) is 2.57. The Morgan fingerprint density at radius 3 is 2.19 bits per heavy atom. The zero-order valence-electron chi connectivity index (χ0n) is 9.32. The molecule has 0 aliphatic carbocycles.